The number of imidazole rings is 2. The van der Waals surface area contributed by atoms with Gasteiger partial charge in [0.25, 0.3) is 11.8 Å². The molecule has 0 saturated heterocycles. The predicted octanol–water partition coefficient (Wildman–Crippen LogP) is 7.48. The Kier molecular flexibility index (Phi) is 8.72. The molecule has 2 amide bonds. The first-order valence-corrected chi connectivity index (χ1v) is 19.7. The van der Waals surface area contributed by atoms with Crippen molar-refractivity contribution in [1.82, 2.24) is 28.9 Å². The van der Waals surface area contributed by atoms with E-state index in [1.807, 2.05) is 47.5 Å². The first-order valence-electron chi connectivity index (χ1n) is 18.9. The molecule has 5 aliphatic rings. The molecule has 2 aromatic carbocycles. The predicted molar refractivity (Wildman–Crippen MR) is 204 cm³/mol. The van der Waals surface area contributed by atoms with Crippen LogP contribution in [0.4, 0.5) is 11.4 Å². The maximum atomic E-state index is 13.7. The van der Waals surface area contributed by atoms with Crippen molar-refractivity contribution < 1.29 is 9.59 Å². The number of anilines is 2. The number of nitrogens with zero attached hydrogens (tertiary/aromatic N) is 6. The van der Waals surface area contributed by atoms with Crippen LogP contribution in [0.3, 0.4) is 0 Å². The van der Waals surface area contributed by atoms with Crippen LogP contribution in [0, 0.1) is 11.3 Å². The number of rotatable bonds is 8. The van der Waals surface area contributed by atoms with Crippen LogP contribution >= 0.6 is 23.2 Å². The van der Waals surface area contributed by atoms with Gasteiger partial charge in [0.1, 0.15) is 0 Å². The number of amides is 2. The van der Waals surface area contributed by atoms with E-state index in [1.165, 1.54) is 51.4 Å². The Bertz CT molecular complexity index is 2080. The molecule has 272 valence electrons. The molecule has 4 heterocycles. The lowest BCUT2D eigenvalue weighted by Crippen LogP contribution is -2.43. The lowest BCUT2D eigenvalue weighted by Gasteiger charge is -2.39. The number of hydrogen-bond donors (Lipinski definition) is 2. The van der Waals surface area contributed by atoms with Crippen molar-refractivity contribution in [3.05, 3.63) is 80.9 Å². The molecule has 9 rings (SSSR count). The Morgan fingerprint density at radius 3 is 1.87 bits per heavy atom. The third-order valence-electron chi connectivity index (χ3n) is 12.8. The smallest absolute Gasteiger partial charge is 0.291 e. The van der Waals surface area contributed by atoms with Crippen molar-refractivity contribution in [1.29, 1.82) is 0 Å². The fourth-order valence-electron chi connectivity index (χ4n) is 9.77. The third kappa shape index (κ3) is 5.96. The number of carbonyl (C=O) groups is 2. The first-order chi connectivity index (χ1) is 25.2. The van der Waals surface area contributed by atoms with Crippen LogP contribution in [0.1, 0.15) is 95.4 Å². The zero-order chi connectivity index (χ0) is 35.7. The minimum atomic E-state index is -0.315. The van der Waals surface area contributed by atoms with E-state index in [9.17, 15) is 9.59 Å². The van der Waals surface area contributed by atoms with Gasteiger partial charge in [-0.25, -0.2) is 9.97 Å². The van der Waals surface area contributed by atoms with E-state index >= 15 is 0 Å². The molecule has 0 unspecified atom stereocenters. The summed E-state index contributed by atoms with van der Waals surface area (Å²) in [5.41, 5.74) is 6.90. The van der Waals surface area contributed by atoms with Gasteiger partial charge in [0.15, 0.2) is 11.6 Å². The second kappa shape index (κ2) is 13.3. The molecule has 0 radical (unpaired) electrons. The van der Waals surface area contributed by atoms with Gasteiger partial charge in [0, 0.05) is 88.2 Å². The van der Waals surface area contributed by atoms with Gasteiger partial charge in [-0.3, -0.25) is 19.4 Å². The minimum absolute atomic E-state index is 0.309. The van der Waals surface area contributed by atoms with E-state index in [0.717, 1.165) is 74.3 Å². The van der Waals surface area contributed by atoms with E-state index in [-0.39, 0.29) is 11.8 Å². The lowest BCUT2D eigenvalue weighted by atomic mass is 9.83. The maximum absolute atomic E-state index is 13.7. The summed E-state index contributed by atoms with van der Waals surface area (Å²) in [6.07, 6.45) is 12.4. The number of carbonyl (C=O) groups excluding carboxylic acids is 2. The highest BCUT2D eigenvalue weighted by atomic mass is 35.5. The highest BCUT2D eigenvalue weighted by molar-refractivity contribution is 6.40. The second-order valence-electron chi connectivity index (χ2n) is 15.9. The largest absolute Gasteiger partial charge is 0.327 e. The fraction of sp³-hybridized carbons (Fsp3) is 0.500. The molecule has 0 atom stereocenters. The number of fused-ring (bicyclic) bond motifs is 4. The van der Waals surface area contributed by atoms with Crippen molar-refractivity contribution in [2.24, 2.45) is 25.4 Å². The minimum Gasteiger partial charge on any atom is -0.327 e. The standard InChI is InChI=1S/C40H46Cl2N8O2/c1-47-32-14-18-49(23-40-16-12-24(20-40)13-17-40)21-30(32)43-36(47)38(51)45-28-10-4-8-26(34(28)41)27-9-5-11-29(35(27)42)46-39(52)37-44-31-22-50(25-6-3-7-25)19-15-33(31)48(37)2/h4-5,8-11,24-25H,3,6-7,12-23H2,1-2H3,(H,45,51)(H,46,52). The van der Waals surface area contributed by atoms with Gasteiger partial charge in [-0.15, -0.1) is 0 Å². The highest BCUT2D eigenvalue weighted by Crippen LogP contribution is 2.54. The quantitative estimate of drug-likeness (QED) is 0.194. The van der Waals surface area contributed by atoms with Crippen LogP contribution in [0.15, 0.2) is 36.4 Å². The summed E-state index contributed by atoms with van der Waals surface area (Å²) < 4.78 is 3.85. The van der Waals surface area contributed by atoms with E-state index in [4.69, 9.17) is 33.2 Å². The number of halogens is 2. The molecule has 10 nitrogen and oxygen atoms in total. The first kappa shape index (κ1) is 34.1. The van der Waals surface area contributed by atoms with E-state index in [1.54, 1.807) is 12.1 Å². The lowest BCUT2D eigenvalue weighted by molar-refractivity contribution is 0.100. The molecular formula is C40H46Cl2N8O2. The van der Waals surface area contributed by atoms with Crippen LogP contribution in [-0.2, 0) is 40.0 Å². The van der Waals surface area contributed by atoms with Crippen LogP contribution in [0.2, 0.25) is 10.0 Å². The molecule has 12 heteroatoms. The Labute approximate surface area is 314 Å². The van der Waals surface area contributed by atoms with E-state index in [2.05, 4.69) is 20.4 Å². The summed E-state index contributed by atoms with van der Waals surface area (Å²) in [7, 11) is 3.83. The Balaban J connectivity index is 0.901. The maximum Gasteiger partial charge on any atom is 0.291 e. The van der Waals surface area contributed by atoms with E-state index in [0.29, 0.717) is 55.7 Å². The number of hydrogen-bond acceptors (Lipinski definition) is 6. The Morgan fingerprint density at radius 2 is 1.35 bits per heavy atom. The van der Waals surface area contributed by atoms with Gasteiger partial charge in [-0.1, -0.05) is 53.9 Å². The van der Waals surface area contributed by atoms with Crippen molar-refractivity contribution >= 4 is 46.4 Å². The number of benzene rings is 2. The molecule has 0 spiro atoms. The number of aromatic nitrogens is 4. The van der Waals surface area contributed by atoms with Gasteiger partial charge in [0.2, 0.25) is 0 Å². The van der Waals surface area contributed by atoms with Gasteiger partial charge < -0.3 is 19.8 Å². The molecule has 3 fully saturated rings. The second-order valence-corrected chi connectivity index (χ2v) is 16.7. The van der Waals surface area contributed by atoms with Crippen molar-refractivity contribution in [2.45, 2.75) is 83.3 Å². The summed E-state index contributed by atoms with van der Waals surface area (Å²) in [5, 5.41) is 6.71. The van der Waals surface area contributed by atoms with Gasteiger partial charge in [0.05, 0.1) is 32.8 Å². The summed E-state index contributed by atoms with van der Waals surface area (Å²) >= 11 is 14.0. The fourth-order valence-corrected chi connectivity index (χ4v) is 10.3. The molecule has 4 aromatic rings. The third-order valence-corrected chi connectivity index (χ3v) is 13.7. The normalized spacial score (nSPS) is 23.0. The summed E-state index contributed by atoms with van der Waals surface area (Å²) in [5.74, 6) is 1.06. The average molecular weight is 742 g/mol. The SMILES string of the molecule is Cn1c(C(=O)Nc2cccc(-c3cccc(NC(=O)c4nc5c(n4C)CCN(C4CCC4)C5)c3Cl)c2Cl)nc2c1CCN(CC13CCC(CC1)C3)C2. The average Bonchev–Trinajstić information content (AvgIpc) is 3.87. The van der Waals surface area contributed by atoms with Gasteiger partial charge >= 0.3 is 0 Å². The van der Waals surface area contributed by atoms with Crippen LogP contribution < -0.4 is 10.6 Å². The van der Waals surface area contributed by atoms with Gasteiger partial charge in [-0.2, -0.15) is 0 Å². The zero-order valence-electron chi connectivity index (χ0n) is 30.0. The molecule has 3 saturated carbocycles. The van der Waals surface area contributed by atoms with Crippen molar-refractivity contribution in [3.63, 3.8) is 0 Å². The van der Waals surface area contributed by atoms with Gasteiger partial charge in [-0.05, 0) is 68.4 Å². The molecule has 52 heavy (non-hydrogen) atoms. The Morgan fingerprint density at radius 1 is 0.788 bits per heavy atom. The molecule has 2 aliphatic heterocycles. The molecule has 2 N–H and O–H groups in total. The summed E-state index contributed by atoms with van der Waals surface area (Å²) in [6, 6.07) is 11.6. The monoisotopic (exact) mass is 740 g/mol. The van der Waals surface area contributed by atoms with E-state index < -0.39 is 0 Å². The van der Waals surface area contributed by atoms with Crippen LogP contribution in [0.25, 0.3) is 11.1 Å². The molecule has 2 aromatic heterocycles. The molecule has 3 aliphatic carbocycles. The summed E-state index contributed by atoms with van der Waals surface area (Å²) in [4.78, 5) is 42.0. The molecular weight excluding hydrogens is 695 g/mol. The topological polar surface area (TPSA) is 100 Å². The number of nitrogens with one attached hydrogen (secondary N) is 2. The van der Waals surface area contributed by atoms with Crippen LogP contribution in [0.5, 0.6) is 0 Å². The van der Waals surface area contributed by atoms with Crippen molar-refractivity contribution in [3.8, 4) is 11.1 Å². The van der Waals surface area contributed by atoms with Crippen LogP contribution in [-0.4, -0.2) is 66.4 Å². The summed E-state index contributed by atoms with van der Waals surface area (Å²) in [6.45, 7) is 4.70. The Hall–Kier alpha value is -3.70. The zero-order valence-corrected chi connectivity index (χ0v) is 31.5. The highest BCUT2D eigenvalue weighted by Gasteiger charge is 2.46. The molecule has 2 bridgehead atoms. The van der Waals surface area contributed by atoms with Crippen molar-refractivity contribution in [2.75, 3.05) is 30.3 Å².